The molecule has 10 heteroatoms. The van der Waals surface area contributed by atoms with Gasteiger partial charge in [0.25, 0.3) is 0 Å². The third-order valence-electron chi connectivity index (χ3n) is 3.83. The second kappa shape index (κ2) is 12.4. The number of nitrogens with one attached hydrogen (secondary N) is 3. The van der Waals surface area contributed by atoms with Gasteiger partial charge in [0.1, 0.15) is 24.3 Å². The number of halogens is 1. The first kappa shape index (κ1) is 25.7. The molecule has 3 N–H and O–H groups in total. The number of aromatic nitrogens is 3. The number of amides is 1. The first-order chi connectivity index (χ1) is 13.8. The number of hydrogen-bond donors (Lipinski definition) is 3. The van der Waals surface area contributed by atoms with Crippen molar-refractivity contribution in [3.05, 3.63) is 42.0 Å². The van der Waals surface area contributed by atoms with Crippen LogP contribution >= 0.6 is 24.0 Å². The molecule has 0 radical (unpaired) electrons. The Kier molecular flexibility index (Phi) is 10.6. The molecule has 0 aliphatic rings. The van der Waals surface area contributed by atoms with E-state index in [2.05, 4.69) is 31.0 Å². The van der Waals surface area contributed by atoms with Crippen molar-refractivity contribution in [2.45, 2.75) is 46.3 Å². The third-order valence-corrected chi connectivity index (χ3v) is 3.83. The van der Waals surface area contributed by atoms with Gasteiger partial charge in [-0.2, -0.15) is 5.10 Å². The van der Waals surface area contributed by atoms with Gasteiger partial charge in [-0.15, -0.1) is 24.0 Å². The number of guanidine groups is 1. The van der Waals surface area contributed by atoms with Crippen LogP contribution in [-0.2, 0) is 24.8 Å². The highest BCUT2D eigenvalue weighted by Gasteiger charge is 2.16. The summed E-state index contributed by atoms with van der Waals surface area (Å²) in [5.74, 6) is 1.54. The molecular formula is C20H32IN7O2. The minimum atomic E-state index is -0.520. The van der Waals surface area contributed by atoms with Crippen molar-refractivity contribution in [2.75, 3.05) is 18.4 Å². The van der Waals surface area contributed by atoms with Gasteiger partial charge in [-0.3, -0.25) is 10.00 Å². The minimum absolute atomic E-state index is 0. The molecular weight excluding hydrogens is 497 g/mol. The van der Waals surface area contributed by atoms with Gasteiger partial charge in [0.15, 0.2) is 5.96 Å². The largest absolute Gasteiger partial charge is 0.444 e. The second-order valence-electron chi connectivity index (χ2n) is 7.50. The first-order valence-electron chi connectivity index (χ1n) is 9.71. The summed E-state index contributed by atoms with van der Waals surface area (Å²) in [5.41, 5.74) is 1.33. The highest BCUT2D eigenvalue weighted by molar-refractivity contribution is 14.0. The second-order valence-corrected chi connectivity index (χ2v) is 7.50. The van der Waals surface area contributed by atoms with Crippen molar-refractivity contribution in [1.82, 2.24) is 25.4 Å². The van der Waals surface area contributed by atoms with Gasteiger partial charge >= 0.3 is 6.09 Å². The molecule has 1 aromatic carbocycles. The monoisotopic (exact) mass is 529 g/mol. The van der Waals surface area contributed by atoms with Crippen molar-refractivity contribution in [1.29, 1.82) is 0 Å². The Morgan fingerprint density at radius 1 is 1.20 bits per heavy atom. The van der Waals surface area contributed by atoms with E-state index in [0.717, 1.165) is 36.9 Å². The number of ether oxygens (including phenoxy) is 1. The average molecular weight is 529 g/mol. The first-order valence-corrected chi connectivity index (χ1v) is 9.71. The van der Waals surface area contributed by atoms with E-state index in [4.69, 9.17) is 4.74 Å². The molecule has 0 saturated carbocycles. The lowest BCUT2D eigenvalue weighted by atomic mass is 10.1. The zero-order chi connectivity index (χ0) is 21.3. The highest BCUT2D eigenvalue weighted by Crippen LogP contribution is 2.13. The average Bonchev–Trinajstić information content (AvgIpc) is 3.04. The van der Waals surface area contributed by atoms with Crippen LogP contribution in [0.3, 0.4) is 0 Å². The Hall–Kier alpha value is -2.37. The smallest absolute Gasteiger partial charge is 0.412 e. The number of nitrogens with zero attached hydrogens (tertiary/aromatic N) is 4. The van der Waals surface area contributed by atoms with Gasteiger partial charge in [-0.05, 0) is 51.8 Å². The van der Waals surface area contributed by atoms with Crippen molar-refractivity contribution in [3.8, 4) is 0 Å². The number of hydrogen-bond acceptors (Lipinski definition) is 5. The molecule has 0 spiro atoms. The van der Waals surface area contributed by atoms with Crippen LogP contribution in [-0.4, -0.2) is 45.5 Å². The summed E-state index contributed by atoms with van der Waals surface area (Å²) in [6.07, 6.45) is 1.88. The summed E-state index contributed by atoms with van der Waals surface area (Å²) in [4.78, 5) is 20.5. The number of aliphatic imine (C=N–C) groups is 1. The molecule has 0 saturated heterocycles. The van der Waals surface area contributed by atoms with E-state index in [1.54, 1.807) is 4.68 Å². The van der Waals surface area contributed by atoms with Crippen LogP contribution in [0.1, 0.15) is 39.1 Å². The molecule has 30 heavy (non-hydrogen) atoms. The Labute approximate surface area is 195 Å². The van der Waals surface area contributed by atoms with E-state index in [1.165, 1.54) is 6.33 Å². The molecule has 166 valence electrons. The lowest BCUT2D eigenvalue weighted by Crippen LogP contribution is -2.38. The molecule has 0 aliphatic heterocycles. The Morgan fingerprint density at radius 2 is 1.90 bits per heavy atom. The van der Waals surface area contributed by atoms with E-state index in [0.29, 0.717) is 12.2 Å². The molecule has 0 atom stereocenters. The Balaban J connectivity index is 0.00000450. The van der Waals surface area contributed by atoms with Crippen LogP contribution < -0.4 is 16.0 Å². The number of benzene rings is 1. The van der Waals surface area contributed by atoms with E-state index in [9.17, 15) is 4.79 Å². The predicted octanol–water partition coefficient (Wildman–Crippen LogP) is 3.08. The fraction of sp³-hybridized carbons (Fsp3) is 0.500. The fourth-order valence-corrected chi connectivity index (χ4v) is 2.46. The van der Waals surface area contributed by atoms with Gasteiger partial charge in [0, 0.05) is 25.8 Å². The van der Waals surface area contributed by atoms with Gasteiger partial charge < -0.3 is 15.4 Å². The summed E-state index contributed by atoms with van der Waals surface area (Å²) < 4.78 is 6.96. The molecule has 2 rings (SSSR count). The molecule has 1 heterocycles. The van der Waals surface area contributed by atoms with E-state index in [1.807, 2.05) is 59.0 Å². The topological polar surface area (TPSA) is 105 Å². The molecule has 0 bridgehead atoms. The predicted molar refractivity (Wildman–Crippen MR) is 129 cm³/mol. The summed E-state index contributed by atoms with van der Waals surface area (Å²) >= 11 is 0. The van der Waals surface area contributed by atoms with Crippen molar-refractivity contribution >= 4 is 41.7 Å². The summed E-state index contributed by atoms with van der Waals surface area (Å²) in [6, 6.07) is 7.70. The Bertz CT molecular complexity index is 813. The van der Waals surface area contributed by atoms with E-state index >= 15 is 0 Å². The molecule has 0 unspecified atom stereocenters. The van der Waals surface area contributed by atoms with Gasteiger partial charge in [0.05, 0.1) is 0 Å². The SMILES string of the molecule is CCNC(=NCc1ncnn1C)NCCc1ccc(NC(=O)OC(C)(C)C)cc1.I. The number of aryl methyl sites for hydroxylation is 1. The van der Waals surface area contributed by atoms with Crippen LogP contribution in [0.15, 0.2) is 35.6 Å². The molecule has 2 aromatic rings. The lowest BCUT2D eigenvalue weighted by molar-refractivity contribution is 0.0636. The van der Waals surface area contributed by atoms with E-state index < -0.39 is 11.7 Å². The van der Waals surface area contributed by atoms with Crippen LogP contribution in [0, 0.1) is 0 Å². The maximum atomic E-state index is 11.8. The summed E-state index contributed by atoms with van der Waals surface area (Å²) in [7, 11) is 1.85. The number of carbonyl (C=O) groups is 1. The molecule has 0 aliphatic carbocycles. The molecule has 1 amide bonds. The zero-order valence-corrected chi connectivity index (χ0v) is 20.6. The molecule has 0 fully saturated rings. The van der Waals surface area contributed by atoms with Crippen molar-refractivity contribution in [3.63, 3.8) is 0 Å². The van der Waals surface area contributed by atoms with Crippen molar-refractivity contribution < 1.29 is 9.53 Å². The molecule has 9 nitrogen and oxygen atoms in total. The van der Waals surface area contributed by atoms with Gasteiger partial charge in [-0.1, -0.05) is 12.1 Å². The minimum Gasteiger partial charge on any atom is -0.444 e. The third kappa shape index (κ3) is 9.42. The van der Waals surface area contributed by atoms with Crippen LogP contribution in [0.5, 0.6) is 0 Å². The lowest BCUT2D eigenvalue weighted by Gasteiger charge is -2.19. The maximum Gasteiger partial charge on any atom is 0.412 e. The zero-order valence-electron chi connectivity index (χ0n) is 18.2. The Morgan fingerprint density at radius 3 is 2.47 bits per heavy atom. The van der Waals surface area contributed by atoms with Crippen LogP contribution in [0.25, 0.3) is 0 Å². The van der Waals surface area contributed by atoms with Gasteiger partial charge in [-0.25, -0.2) is 14.8 Å². The number of carbonyl (C=O) groups excluding carboxylic acids is 1. The fourth-order valence-electron chi connectivity index (χ4n) is 2.46. The van der Waals surface area contributed by atoms with E-state index in [-0.39, 0.29) is 24.0 Å². The van der Waals surface area contributed by atoms with Gasteiger partial charge in [0.2, 0.25) is 0 Å². The quantitative estimate of drug-likeness (QED) is 0.289. The number of anilines is 1. The van der Waals surface area contributed by atoms with Crippen LogP contribution in [0.2, 0.25) is 0 Å². The molecule has 1 aromatic heterocycles. The van der Waals surface area contributed by atoms with Crippen molar-refractivity contribution in [2.24, 2.45) is 12.0 Å². The van der Waals surface area contributed by atoms with Crippen LogP contribution in [0.4, 0.5) is 10.5 Å². The number of rotatable bonds is 7. The standard InChI is InChI=1S/C20H31N7O2.HI/c1-6-21-18(23-13-17-24-14-25-27(17)5)22-12-11-15-7-9-16(10-8-15)26-19(28)29-20(2,3)4;/h7-10,14H,6,11-13H2,1-5H3,(H,26,28)(H2,21,22,23);1H. The summed E-state index contributed by atoms with van der Waals surface area (Å²) in [5, 5.41) is 13.3. The summed E-state index contributed by atoms with van der Waals surface area (Å²) in [6.45, 7) is 9.48. The highest BCUT2D eigenvalue weighted by atomic mass is 127. The normalized spacial score (nSPS) is 11.4. The maximum absolute atomic E-state index is 11.8.